The number of nitrogens with one attached hydrogen (secondary N) is 1. The van der Waals surface area contributed by atoms with Crippen LogP contribution in [0.5, 0.6) is 0 Å². The molecule has 1 aliphatic carbocycles. The average molecular weight is 320 g/mol. The normalized spacial score (nSPS) is 15.4. The molecule has 1 N–H and O–H groups in total. The molecule has 0 aliphatic heterocycles. The van der Waals surface area contributed by atoms with E-state index in [1.807, 2.05) is 18.3 Å². The van der Waals surface area contributed by atoms with Gasteiger partial charge in [-0.15, -0.1) is 0 Å². The smallest absolute Gasteiger partial charge is 0.169 e. The SMILES string of the molecule is CCCCCC(CC)NC(=S)N(Cc1ccccn1)C1CC1. The second-order valence-corrected chi connectivity index (χ2v) is 6.62. The van der Waals surface area contributed by atoms with E-state index >= 15 is 0 Å². The molecule has 0 radical (unpaired) electrons. The molecule has 1 aromatic rings. The van der Waals surface area contributed by atoms with Gasteiger partial charge in [0.1, 0.15) is 0 Å². The van der Waals surface area contributed by atoms with Crippen LogP contribution in [-0.2, 0) is 6.54 Å². The zero-order valence-electron chi connectivity index (χ0n) is 13.9. The Balaban J connectivity index is 1.89. The van der Waals surface area contributed by atoms with Gasteiger partial charge in [-0.2, -0.15) is 0 Å². The average Bonchev–Trinajstić information content (AvgIpc) is 3.37. The van der Waals surface area contributed by atoms with Crippen molar-refractivity contribution in [3.63, 3.8) is 0 Å². The number of hydrogen-bond acceptors (Lipinski definition) is 2. The Bertz CT molecular complexity index is 445. The Kier molecular flexibility index (Phi) is 7.10. The molecule has 2 rings (SSSR count). The summed E-state index contributed by atoms with van der Waals surface area (Å²) in [6, 6.07) is 7.20. The van der Waals surface area contributed by atoms with Crippen LogP contribution in [0.3, 0.4) is 0 Å². The number of pyridine rings is 1. The van der Waals surface area contributed by atoms with Crippen molar-refractivity contribution >= 4 is 17.3 Å². The lowest BCUT2D eigenvalue weighted by Gasteiger charge is -2.29. The maximum absolute atomic E-state index is 5.70. The molecule has 0 spiro atoms. The maximum atomic E-state index is 5.70. The van der Waals surface area contributed by atoms with Gasteiger partial charge in [0.2, 0.25) is 0 Å². The lowest BCUT2D eigenvalue weighted by atomic mass is 10.1. The highest BCUT2D eigenvalue weighted by Crippen LogP contribution is 2.28. The van der Waals surface area contributed by atoms with Gasteiger partial charge in [0.25, 0.3) is 0 Å². The Labute approximate surface area is 140 Å². The molecule has 1 saturated carbocycles. The summed E-state index contributed by atoms with van der Waals surface area (Å²) in [6.45, 7) is 5.32. The highest BCUT2D eigenvalue weighted by atomic mass is 32.1. The maximum Gasteiger partial charge on any atom is 0.169 e. The zero-order chi connectivity index (χ0) is 15.8. The molecule has 1 heterocycles. The molecule has 22 heavy (non-hydrogen) atoms. The van der Waals surface area contributed by atoms with Crippen molar-refractivity contribution in [2.45, 2.75) is 77.4 Å². The van der Waals surface area contributed by atoms with Crippen LogP contribution in [0.25, 0.3) is 0 Å². The van der Waals surface area contributed by atoms with Crippen LogP contribution in [0.2, 0.25) is 0 Å². The van der Waals surface area contributed by atoms with E-state index in [0.29, 0.717) is 12.1 Å². The van der Waals surface area contributed by atoms with Crippen molar-refractivity contribution in [3.8, 4) is 0 Å². The standard InChI is InChI=1S/C18H29N3S/c1-3-5-6-9-15(4-2)20-18(22)21(17-11-12-17)14-16-10-7-8-13-19-16/h7-8,10,13,15,17H,3-6,9,11-12,14H2,1-2H3,(H,20,22). The van der Waals surface area contributed by atoms with Crippen molar-refractivity contribution in [2.75, 3.05) is 0 Å². The third-order valence-corrected chi connectivity index (χ3v) is 4.64. The molecule has 1 unspecified atom stereocenters. The Morgan fingerprint density at radius 3 is 2.77 bits per heavy atom. The van der Waals surface area contributed by atoms with Crippen LogP contribution in [0.4, 0.5) is 0 Å². The van der Waals surface area contributed by atoms with Gasteiger partial charge < -0.3 is 10.2 Å². The lowest BCUT2D eigenvalue weighted by molar-refractivity contribution is 0.377. The first-order valence-electron chi connectivity index (χ1n) is 8.71. The summed E-state index contributed by atoms with van der Waals surface area (Å²) in [4.78, 5) is 6.78. The summed E-state index contributed by atoms with van der Waals surface area (Å²) in [6.07, 6.45) is 10.6. The van der Waals surface area contributed by atoms with Gasteiger partial charge in [-0.25, -0.2) is 0 Å². The molecule has 1 aliphatic rings. The van der Waals surface area contributed by atoms with Gasteiger partial charge in [-0.05, 0) is 50.0 Å². The van der Waals surface area contributed by atoms with Gasteiger partial charge in [-0.1, -0.05) is 39.2 Å². The van der Waals surface area contributed by atoms with E-state index in [4.69, 9.17) is 12.2 Å². The number of thiocarbonyl (C=S) groups is 1. The van der Waals surface area contributed by atoms with Gasteiger partial charge in [0, 0.05) is 18.3 Å². The molecular weight excluding hydrogens is 290 g/mol. The van der Waals surface area contributed by atoms with Gasteiger partial charge in [0.15, 0.2) is 5.11 Å². The lowest BCUT2D eigenvalue weighted by Crippen LogP contribution is -2.45. The van der Waals surface area contributed by atoms with Crippen molar-refractivity contribution in [3.05, 3.63) is 30.1 Å². The van der Waals surface area contributed by atoms with Crippen molar-refractivity contribution in [1.82, 2.24) is 15.2 Å². The van der Waals surface area contributed by atoms with Crippen LogP contribution < -0.4 is 5.32 Å². The van der Waals surface area contributed by atoms with E-state index < -0.39 is 0 Å². The molecule has 0 saturated heterocycles. The van der Waals surface area contributed by atoms with Crippen LogP contribution in [-0.4, -0.2) is 27.1 Å². The molecule has 122 valence electrons. The quantitative estimate of drug-likeness (QED) is 0.543. The third-order valence-electron chi connectivity index (χ3n) is 4.28. The Hall–Kier alpha value is -1.16. The fourth-order valence-electron chi connectivity index (χ4n) is 2.70. The number of hydrogen-bond donors (Lipinski definition) is 1. The highest BCUT2D eigenvalue weighted by molar-refractivity contribution is 7.80. The first-order valence-corrected chi connectivity index (χ1v) is 9.12. The van der Waals surface area contributed by atoms with E-state index in [0.717, 1.165) is 23.8 Å². The minimum atomic E-state index is 0.504. The predicted molar refractivity (Wildman–Crippen MR) is 96.8 cm³/mol. The summed E-state index contributed by atoms with van der Waals surface area (Å²) in [5.74, 6) is 0. The summed E-state index contributed by atoms with van der Waals surface area (Å²) < 4.78 is 0. The number of aromatic nitrogens is 1. The van der Waals surface area contributed by atoms with Crippen LogP contribution in [0.1, 0.15) is 64.5 Å². The number of rotatable bonds is 9. The molecule has 0 amide bonds. The number of nitrogens with zero attached hydrogens (tertiary/aromatic N) is 2. The van der Waals surface area contributed by atoms with Gasteiger partial charge in [0.05, 0.1) is 12.2 Å². The van der Waals surface area contributed by atoms with E-state index in [2.05, 4.69) is 35.1 Å². The summed E-state index contributed by atoms with van der Waals surface area (Å²) >= 11 is 5.70. The van der Waals surface area contributed by atoms with Gasteiger partial charge in [-0.3, -0.25) is 4.98 Å². The highest BCUT2D eigenvalue weighted by Gasteiger charge is 2.31. The van der Waals surface area contributed by atoms with Crippen molar-refractivity contribution in [2.24, 2.45) is 0 Å². The fourth-order valence-corrected chi connectivity index (χ4v) is 3.08. The minimum Gasteiger partial charge on any atom is -0.360 e. The molecule has 1 fully saturated rings. The van der Waals surface area contributed by atoms with Crippen molar-refractivity contribution in [1.29, 1.82) is 0 Å². The molecule has 3 nitrogen and oxygen atoms in total. The monoisotopic (exact) mass is 319 g/mol. The molecule has 0 bridgehead atoms. The van der Waals surface area contributed by atoms with Crippen LogP contribution in [0.15, 0.2) is 24.4 Å². The molecule has 1 aromatic heterocycles. The summed E-state index contributed by atoms with van der Waals surface area (Å²) in [5.41, 5.74) is 1.09. The fraction of sp³-hybridized carbons (Fsp3) is 0.667. The van der Waals surface area contributed by atoms with E-state index in [1.54, 1.807) is 0 Å². The molecule has 0 aromatic carbocycles. The topological polar surface area (TPSA) is 28.2 Å². The van der Waals surface area contributed by atoms with Crippen LogP contribution in [0, 0.1) is 0 Å². The second kappa shape index (κ2) is 9.09. The van der Waals surface area contributed by atoms with E-state index in [1.165, 1.54) is 38.5 Å². The third kappa shape index (κ3) is 5.56. The van der Waals surface area contributed by atoms with Crippen LogP contribution >= 0.6 is 12.2 Å². The van der Waals surface area contributed by atoms with Gasteiger partial charge >= 0.3 is 0 Å². The van der Waals surface area contributed by atoms with E-state index in [-0.39, 0.29) is 0 Å². The zero-order valence-corrected chi connectivity index (χ0v) is 14.7. The summed E-state index contributed by atoms with van der Waals surface area (Å²) in [7, 11) is 0. The second-order valence-electron chi connectivity index (χ2n) is 6.23. The molecule has 1 atom stereocenters. The molecule has 4 heteroatoms. The Morgan fingerprint density at radius 1 is 1.36 bits per heavy atom. The predicted octanol–water partition coefficient (Wildman–Crippen LogP) is 4.28. The largest absolute Gasteiger partial charge is 0.360 e. The first kappa shape index (κ1) is 17.2. The Morgan fingerprint density at radius 2 is 2.18 bits per heavy atom. The molecular formula is C18H29N3S. The van der Waals surface area contributed by atoms with E-state index in [9.17, 15) is 0 Å². The number of unbranched alkanes of at least 4 members (excludes halogenated alkanes) is 2. The minimum absolute atomic E-state index is 0.504. The first-order chi connectivity index (χ1) is 10.7. The van der Waals surface area contributed by atoms with Crippen molar-refractivity contribution < 1.29 is 0 Å². The summed E-state index contributed by atoms with van der Waals surface area (Å²) in [5, 5.41) is 4.51.